The molecule has 1 atom stereocenters. The standard InChI is InChI=1S/C31H40F3GeN5O2S/c1-21-19-29(2,3)39(20-21)27-22(28(41)38-43-24-10-8-7-9-23(24)35(4,5)6)11-12-25(36-27)40-17-13-26(37-40)42-18-16-30(14-15-30)31(32,33)34/h7-13,17,21H,14-16,18-20H2,1-6H3,(H,38,41). The summed E-state index contributed by atoms with van der Waals surface area (Å²) in [5.41, 5.74) is -1.36. The van der Waals surface area contributed by atoms with Crippen LogP contribution in [0.15, 0.2) is 53.6 Å². The van der Waals surface area contributed by atoms with Crippen molar-refractivity contribution in [2.75, 3.05) is 18.1 Å². The van der Waals surface area contributed by atoms with Crippen LogP contribution < -0.4 is 18.8 Å². The quantitative estimate of drug-likeness (QED) is 0.185. The molecule has 3 heterocycles. The van der Waals surface area contributed by atoms with E-state index in [0.29, 0.717) is 23.1 Å². The number of nitrogens with one attached hydrogen (secondary N) is 1. The van der Waals surface area contributed by atoms with E-state index in [2.05, 4.69) is 64.9 Å². The Kier molecular flexibility index (Phi) is 8.63. The Balaban J connectivity index is 1.37. The Labute approximate surface area is 258 Å². The van der Waals surface area contributed by atoms with E-state index >= 15 is 0 Å². The maximum absolute atomic E-state index is 13.7. The van der Waals surface area contributed by atoms with Gasteiger partial charge in [0.2, 0.25) is 0 Å². The van der Waals surface area contributed by atoms with E-state index in [9.17, 15) is 18.0 Å². The summed E-state index contributed by atoms with van der Waals surface area (Å²) < 4.78 is 51.3. The predicted molar refractivity (Wildman–Crippen MR) is 167 cm³/mol. The van der Waals surface area contributed by atoms with Crippen LogP contribution in [0.25, 0.3) is 5.82 Å². The third-order valence-electron chi connectivity index (χ3n) is 8.47. The van der Waals surface area contributed by atoms with E-state index in [1.807, 2.05) is 12.1 Å². The molecule has 1 saturated heterocycles. The van der Waals surface area contributed by atoms with Crippen LogP contribution in [0.3, 0.4) is 0 Å². The minimum absolute atomic E-state index is 0.0620. The minimum atomic E-state index is -4.21. The number of anilines is 1. The molecule has 0 radical (unpaired) electrons. The molecule has 1 amide bonds. The topological polar surface area (TPSA) is 72.3 Å². The fourth-order valence-electron chi connectivity index (χ4n) is 5.93. The van der Waals surface area contributed by atoms with Gasteiger partial charge in [0.05, 0.1) is 12.0 Å². The summed E-state index contributed by atoms with van der Waals surface area (Å²) in [4.78, 5) is 21.8. The van der Waals surface area contributed by atoms with E-state index in [4.69, 9.17) is 9.72 Å². The van der Waals surface area contributed by atoms with E-state index in [0.717, 1.165) is 17.9 Å². The number of amides is 1. The van der Waals surface area contributed by atoms with E-state index in [-0.39, 0.29) is 43.2 Å². The Hall–Kier alpha value is -2.67. The molecule has 5 rings (SSSR count). The van der Waals surface area contributed by atoms with Crippen molar-refractivity contribution >= 4 is 41.3 Å². The second kappa shape index (κ2) is 11.7. The van der Waals surface area contributed by atoms with Gasteiger partial charge in [-0.15, -0.1) is 0 Å². The van der Waals surface area contributed by atoms with Crippen LogP contribution in [-0.2, 0) is 0 Å². The van der Waals surface area contributed by atoms with Gasteiger partial charge in [-0.3, -0.25) is 0 Å². The number of halogens is 3. The normalized spacial score (nSPS) is 19.4. The fourth-order valence-corrected chi connectivity index (χ4v) is 11.5. The van der Waals surface area contributed by atoms with Crippen molar-refractivity contribution in [1.82, 2.24) is 19.5 Å². The number of alkyl halides is 3. The summed E-state index contributed by atoms with van der Waals surface area (Å²) in [6.45, 7) is 7.19. The summed E-state index contributed by atoms with van der Waals surface area (Å²) in [5.74, 6) is 8.48. The van der Waals surface area contributed by atoms with Crippen LogP contribution in [0.1, 0.15) is 56.8 Å². The van der Waals surface area contributed by atoms with Crippen LogP contribution in [0.5, 0.6) is 5.88 Å². The number of aromatic nitrogens is 3. The number of carbonyl (C=O) groups is 1. The van der Waals surface area contributed by atoms with Crippen molar-refractivity contribution in [2.24, 2.45) is 11.3 Å². The van der Waals surface area contributed by atoms with Crippen LogP contribution in [0.2, 0.25) is 17.3 Å². The zero-order chi connectivity index (χ0) is 31.2. The van der Waals surface area contributed by atoms with Gasteiger partial charge in [-0.2, -0.15) is 13.2 Å². The summed E-state index contributed by atoms with van der Waals surface area (Å²) in [6, 6.07) is 13.4. The molecule has 1 N–H and O–H groups in total. The Morgan fingerprint density at radius 2 is 1.86 bits per heavy atom. The molecule has 12 heteroatoms. The van der Waals surface area contributed by atoms with Crippen LogP contribution in [0.4, 0.5) is 19.0 Å². The molecule has 2 aliphatic rings. The molecule has 0 bridgehead atoms. The third-order valence-corrected chi connectivity index (χ3v) is 14.0. The number of nitrogens with zero attached hydrogens (tertiary/aromatic N) is 4. The van der Waals surface area contributed by atoms with Crippen molar-refractivity contribution in [3.05, 3.63) is 54.2 Å². The van der Waals surface area contributed by atoms with Gasteiger partial charge in [-0.25, -0.2) is 0 Å². The molecule has 1 unspecified atom stereocenters. The molecular weight excluding hydrogens is 636 g/mol. The first-order chi connectivity index (χ1) is 20.1. The number of ether oxygens (including phenoxy) is 1. The van der Waals surface area contributed by atoms with Gasteiger partial charge in [0.1, 0.15) is 0 Å². The first-order valence-electron chi connectivity index (χ1n) is 14.7. The van der Waals surface area contributed by atoms with Crippen LogP contribution in [-0.4, -0.2) is 58.8 Å². The van der Waals surface area contributed by atoms with Crippen LogP contribution >= 0.6 is 11.9 Å². The number of hydrogen-bond donors (Lipinski definition) is 1. The molecule has 7 nitrogen and oxygen atoms in total. The molecule has 1 aliphatic carbocycles. The van der Waals surface area contributed by atoms with Crippen molar-refractivity contribution in [3.8, 4) is 11.7 Å². The van der Waals surface area contributed by atoms with Crippen molar-refractivity contribution < 1.29 is 22.7 Å². The number of rotatable bonds is 10. The SMILES string of the molecule is CC1CN(c2nc(-n3ccc(OCCC4(C(F)(F)F)CC4)n3)ccc2C(=O)NSc2cccc[c]2[Ge]([CH3])([CH3])[CH3])C(C)(C)C1. The summed E-state index contributed by atoms with van der Waals surface area (Å²) in [6.07, 6.45) is -1.37. The number of benzene rings is 1. The Morgan fingerprint density at radius 3 is 2.49 bits per heavy atom. The zero-order valence-corrected chi connectivity index (χ0v) is 28.5. The summed E-state index contributed by atoms with van der Waals surface area (Å²) in [7, 11) is 0. The third kappa shape index (κ3) is 6.87. The van der Waals surface area contributed by atoms with Crippen molar-refractivity contribution in [1.29, 1.82) is 0 Å². The summed E-state index contributed by atoms with van der Waals surface area (Å²) in [5, 5.41) is 4.42. The predicted octanol–water partition coefficient (Wildman–Crippen LogP) is 6.99. The van der Waals surface area contributed by atoms with Gasteiger partial charge < -0.3 is 4.74 Å². The molecule has 3 aromatic rings. The number of carbonyl (C=O) groups excluding carboxylic acids is 1. The van der Waals surface area contributed by atoms with Gasteiger partial charge in [0.25, 0.3) is 0 Å². The van der Waals surface area contributed by atoms with Gasteiger partial charge in [0.15, 0.2) is 0 Å². The summed E-state index contributed by atoms with van der Waals surface area (Å²) >= 11 is -0.811. The van der Waals surface area contributed by atoms with Gasteiger partial charge in [0, 0.05) is 0 Å². The molecule has 232 valence electrons. The molecule has 1 aromatic carbocycles. The number of pyridine rings is 1. The van der Waals surface area contributed by atoms with Gasteiger partial charge in [-0.1, -0.05) is 0 Å². The monoisotopic (exact) mass is 677 g/mol. The molecule has 2 fully saturated rings. The van der Waals surface area contributed by atoms with Crippen molar-refractivity contribution in [2.45, 2.75) is 80.3 Å². The molecule has 1 aliphatic heterocycles. The van der Waals surface area contributed by atoms with E-state index < -0.39 is 24.9 Å². The fraction of sp³-hybridized carbons (Fsp3) is 0.516. The number of hydrogen-bond acceptors (Lipinski definition) is 6. The Bertz CT molecular complexity index is 1480. The average molecular weight is 676 g/mol. The molecule has 1 saturated carbocycles. The molecule has 0 spiro atoms. The Morgan fingerprint density at radius 1 is 1.14 bits per heavy atom. The zero-order valence-electron chi connectivity index (χ0n) is 25.6. The van der Waals surface area contributed by atoms with Gasteiger partial charge >= 0.3 is 210 Å². The van der Waals surface area contributed by atoms with Crippen molar-refractivity contribution in [3.63, 3.8) is 0 Å². The van der Waals surface area contributed by atoms with E-state index in [1.165, 1.54) is 21.0 Å². The van der Waals surface area contributed by atoms with Crippen LogP contribution in [0, 0.1) is 11.3 Å². The molecule has 43 heavy (non-hydrogen) atoms. The first-order valence-corrected chi connectivity index (χ1v) is 22.9. The maximum atomic E-state index is 13.7. The second-order valence-corrected chi connectivity index (χ2v) is 24.9. The average Bonchev–Trinajstić information content (AvgIpc) is 3.49. The molecule has 2 aromatic heterocycles. The molecular formula is C31H40F3GeN5O2S. The van der Waals surface area contributed by atoms with E-state index in [1.54, 1.807) is 24.4 Å². The van der Waals surface area contributed by atoms with Gasteiger partial charge in [-0.05, 0) is 19.3 Å². The second-order valence-electron chi connectivity index (χ2n) is 13.5. The first kappa shape index (κ1) is 31.7.